The van der Waals surface area contributed by atoms with Gasteiger partial charge in [0.25, 0.3) is 11.8 Å². The third-order valence-corrected chi connectivity index (χ3v) is 4.26. The molecule has 1 atom stereocenters. The molecule has 2 amide bonds. The SMILES string of the molecule is CCCNC(=O)c1cccc(C(=O)N2CCCCC2CCO)c1. The molecular weight excluding hydrogens is 292 g/mol. The molecule has 2 rings (SSSR count). The normalized spacial score (nSPS) is 17.8. The van der Waals surface area contributed by atoms with Gasteiger partial charge < -0.3 is 15.3 Å². The van der Waals surface area contributed by atoms with Crippen molar-refractivity contribution in [3.8, 4) is 0 Å². The predicted octanol–water partition coefficient (Wildman–Crippen LogP) is 2.20. The zero-order chi connectivity index (χ0) is 16.7. The zero-order valence-corrected chi connectivity index (χ0v) is 13.8. The summed E-state index contributed by atoms with van der Waals surface area (Å²) in [6.07, 6.45) is 4.50. The summed E-state index contributed by atoms with van der Waals surface area (Å²) >= 11 is 0. The lowest BCUT2D eigenvalue weighted by Gasteiger charge is -2.35. The van der Waals surface area contributed by atoms with E-state index in [0.717, 1.165) is 32.2 Å². The van der Waals surface area contributed by atoms with Crippen molar-refractivity contribution >= 4 is 11.8 Å². The molecule has 23 heavy (non-hydrogen) atoms. The van der Waals surface area contributed by atoms with Crippen molar-refractivity contribution in [3.63, 3.8) is 0 Å². The van der Waals surface area contributed by atoms with E-state index in [0.29, 0.717) is 24.1 Å². The number of likely N-dealkylation sites (tertiary alicyclic amines) is 1. The van der Waals surface area contributed by atoms with Crippen LogP contribution >= 0.6 is 0 Å². The second-order valence-electron chi connectivity index (χ2n) is 6.00. The Bertz CT molecular complexity index is 543. The highest BCUT2D eigenvalue weighted by atomic mass is 16.3. The highest BCUT2D eigenvalue weighted by Gasteiger charge is 2.27. The monoisotopic (exact) mass is 318 g/mol. The maximum absolute atomic E-state index is 12.8. The van der Waals surface area contributed by atoms with Crippen LogP contribution in [0.2, 0.25) is 0 Å². The first kappa shape index (κ1) is 17.5. The molecule has 1 aromatic carbocycles. The van der Waals surface area contributed by atoms with E-state index >= 15 is 0 Å². The molecule has 1 aliphatic rings. The summed E-state index contributed by atoms with van der Waals surface area (Å²) < 4.78 is 0. The molecule has 0 aliphatic carbocycles. The van der Waals surface area contributed by atoms with Gasteiger partial charge >= 0.3 is 0 Å². The van der Waals surface area contributed by atoms with Crippen LogP contribution in [0, 0.1) is 0 Å². The van der Waals surface area contributed by atoms with Crippen molar-refractivity contribution in [1.29, 1.82) is 0 Å². The minimum Gasteiger partial charge on any atom is -0.396 e. The smallest absolute Gasteiger partial charge is 0.254 e. The standard InChI is InChI=1S/C18H26N2O3/c1-2-10-19-17(22)14-6-5-7-15(13-14)18(23)20-11-4-3-8-16(20)9-12-21/h5-7,13,16,21H,2-4,8-12H2,1H3,(H,19,22). The summed E-state index contributed by atoms with van der Waals surface area (Å²) in [7, 11) is 0. The van der Waals surface area contributed by atoms with Gasteiger partial charge in [0, 0.05) is 36.9 Å². The molecule has 0 spiro atoms. The quantitative estimate of drug-likeness (QED) is 0.845. The van der Waals surface area contributed by atoms with Crippen molar-refractivity contribution in [2.24, 2.45) is 0 Å². The number of amides is 2. The van der Waals surface area contributed by atoms with Crippen molar-refractivity contribution in [2.75, 3.05) is 19.7 Å². The number of hydrogen-bond donors (Lipinski definition) is 2. The van der Waals surface area contributed by atoms with Gasteiger partial charge in [0.1, 0.15) is 0 Å². The van der Waals surface area contributed by atoms with Crippen LogP contribution in [0.1, 0.15) is 59.7 Å². The Morgan fingerprint density at radius 1 is 1.30 bits per heavy atom. The van der Waals surface area contributed by atoms with Crippen molar-refractivity contribution in [1.82, 2.24) is 10.2 Å². The van der Waals surface area contributed by atoms with Crippen LogP contribution in [0.25, 0.3) is 0 Å². The second kappa shape index (κ2) is 8.67. The summed E-state index contributed by atoms with van der Waals surface area (Å²) in [4.78, 5) is 26.7. The Morgan fingerprint density at radius 3 is 2.83 bits per heavy atom. The van der Waals surface area contributed by atoms with Gasteiger partial charge in [0.15, 0.2) is 0 Å². The number of piperidine rings is 1. The second-order valence-corrected chi connectivity index (χ2v) is 6.00. The Labute approximate surface area is 137 Å². The number of carbonyl (C=O) groups excluding carboxylic acids is 2. The van der Waals surface area contributed by atoms with Gasteiger partial charge in [-0.3, -0.25) is 9.59 Å². The van der Waals surface area contributed by atoms with Crippen LogP contribution in [0.5, 0.6) is 0 Å². The van der Waals surface area contributed by atoms with Gasteiger partial charge in [-0.05, 0) is 50.3 Å². The molecule has 1 saturated heterocycles. The number of aliphatic hydroxyl groups excluding tert-OH is 1. The van der Waals surface area contributed by atoms with Crippen molar-refractivity contribution in [2.45, 2.75) is 45.1 Å². The van der Waals surface area contributed by atoms with Crippen LogP contribution in [-0.4, -0.2) is 47.6 Å². The summed E-state index contributed by atoms with van der Waals surface area (Å²) in [5.41, 5.74) is 1.05. The lowest BCUT2D eigenvalue weighted by Crippen LogP contribution is -2.44. The fraction of sp³-hybridized carbons (Fsp3) is 0.556. The number of hydrogen-bond acceptors (Lipinski definition) is 3. The molecule has 0 saturated carbocycles. The number of aliphatic hydroxyl groups is 1. The minimum absolute atomic E-state index is 0.0479. The molecule has 2 N–H and O–H groups in total. The van der Waals surface area contributed by atoms with Gasteiger partial charge in [0.2, 0.25) is 0 Å². The molecule has 1 heterocycles. The Balaban J connectivity index is 2.13. The van der Waals surface area contributed by atoms with Crippen molar-refractivity contribution in [3.05, 3.63) is 35.4 Å². The van der Waals surface area contributed by atoms with Crippen LogP contribution in [-0.2, 0) is 0 Å². The summed E-state index contributed by atoms with van der Waals surface area (Å²) in [6, 6.07) is 6.99. The van der Waals surface area contributed by atoms with E-state index in [2.05, 4.69) is 5.32 Å². The molecule has 0 radical (unpaired) electrons. The lowest BCUT2D eigenvalue weighted by molar-refractivity contribution is 0.0574. The largest absolute Gasteiger partial charge is 0.396 e. The topological polar surface area (TPSA) is 69.6 Å². The molecule has 1 aromatic rings. The van der Waals surface area contributed by atoms with Crippen LogP contribution < -0.4 is 5.32 Å². The maximum Gasteiger partial charge on any atom is 0.254 e. The predicted molar refractivity (Wildman–Crippen MR) is 89.4 cm³/mol. The lowest BCUT2D eigenvalue weighted by atomic mass is 9.98. The summed E-state index contributed by atoms with van der Waals surface area (Å²) in [5.74, 6) is -0.194. The summed E-state index contributed by atoms with van der Waals surface area (Å²) in [5, 5.41) is 12.0. The number of nitrogens with zero attached hydrogens (tertiary/aromatic N) is 1. The van der Waals surface area contributed by atoms with Gasteiger partial charge in [-0.1, -0.05) is 13.0 Å². The van der Waals surface area contributed by atoms with Gasteiger partial charge in [0.05, 0.1) is 0 Å². The molecule has 5 heteroatoms. The van der Waals surface area contributed by atoms with E-state index in [1.54, 1.807) is 24.3 Å². The zero-order valence-electron chi connectivity index (χ0n) is 13.8. The van der Waals surface area contributed by atoms with Gasteiger partial charge in [-0.25, -0.2) is 0 Å². The average Bonchev–Trinajstić information content (AvgIpc) is 2.60. The molecule has 1 fully saturated rings. The molecule has 0 aromatic heterocycles. The Morgan fingerprint density at radius 2 is 2.09 bits per heavy atom. The first-order chi connectivity index (χ1) is 11.2. The molecule has 126 valence electrons. The van der Waals surface area contributed by atoms with E-state index in [1.807, 2.05) is 11.8 Å². The van der Waals surface area contributed by atoms with E-state index in [-0.39, 0.29) is 24.5 Å². The molecule has 1 unspecified atom stereocenters. The van der Waals surface area contributed by atoms with E-state index in [9.17, 15) is 14.7 Å². The molecule has 5 nitrogen and oxygen atoms in total. The average molecular weight is 318 g/mol. The molecular formula is C18H26N2O3. The maximum atomic E-state index is 12.8. The molecule has 0 bridgehead atoms. The van der Waals surface area contributed by atoms with E-state index < -0.39 is 0 Å². The molecule has 1 aliphatic heterocycles. The van der Waals surface area contributed by atoms with Gasteiger partial charge in [-0.15, -0.1) is 0 Å². The van der Waals surface area contributed by atoms with Crippen molar-refractivity contribution < 1.29 is 14.7 Å². The first-order valence-electron chi connectivity index (χ1n) is 8.47. The van der Waals surface area contributed by atoms with Crippen LogP contribution in [0.15, 0.2) is 24.3 Å². The Kier molecular flexibility index (Phi) is 6.59. The highest BCUT2D eigenvalue weighted by molar-refractivity contribution is 5.99. The minimum atomic E-state index is -0.146. The number of nitrogens with one attached hydrogen (secondary N) is 1. The number of carbonyl (C=O) groups is 2. The fourth-order valence-corrected chi connectivity index (χ4v) is 3.02. The number of benzene rings is 1. The van der Waals surface area contributed by atoms with Crippen LogP contribution in [0.4, 0.5) is 0 Å². The van der Waals surface area contributed by atoms with Gasteiger partial charge in [-0.2, -0.15) is 0 Å². The fourth-order valence-electron chi connectivity index (χ4n) is 3.02. The first-order valence-corrected chi connectivity index (χ1v) is 8.47. The van der Waals surface area contributed by atoms with Crippen LogP contribution in [0.3, 0.4) is 0 Å². The van der Waals surface area contributed by atoms with E-state index in [1.165, 1.54) is 0 Å². The highest BCUT2D eigenvalue weighted by Crippen LogP contribution is 2.22. The summed E-state index contributed by atoms with van der Waals surface area (Å²) in [6.45, 7) is 3.43. The third kappa shape index (κ3) is 4.55. The number of rotatable bonds is 6. The Hall–Kier alpha value is -1.88. The van der Waals surface area contributed by atoms with E-state index in [4.69, 9.17) is 0 Å². The third-order valence-electron chi connectivity index (χ3n) is 4.26.